The molecule has 0 amide bonds. The molecule has 0 radical (unpaired) electrons. The molecule has 0 bridgehead atoms. The SMILES string of the molecule is CCn1ccnc1Cc1ccc(CC(C)N)cc1. The molecule has 3 nitrogen and oxygen atoms in total. The van der Waals surface area contributed by atoms with Crippen LogP contribution in [-0.4, -0.2) is 15.6 Å². The molecule has 1 aromatic heterocycles. The standard InChI is InChI=1S/C15H21N3/c1-3-18-9-8-17-15(18)11-14-6-4-13(5-7-14)10-12(2)16/h4-9,12H,3,10-11,16H2,1-2H3. The lowest BCUT2D eigenvalue weighted by Crippen LogP contribution is -2.17. The van der Waals surface area contributed by atoms with E-state index in [0.717, 1.165) is 25.2 Å². The van der Waals surface area contributed by atoms with Gasteiger partial charge in [0, 0.05) is 31.4 Å². The second kappa shape index (κ2) is 5.83. The van der Waals surface area contributed by atoms with Crippen molar-refractivity contribution in [1.82, 2.24) is 9.55 Å². The van der Waals surface area contributed by atoms with Crippen molar-refractivity contribution in [2.75, 3.05) is 0 Å². The lowest BCUT2D eigenvalue weighted by atomic mass is 10.0. The van der Waals surface area contributed by atoms with Crippen LogP contribution in [-0.2, 0) is 19.4 Å². The van der Waals surface area contributed by atoms with Crippen LogP contribution in [0.4, 0.5) is 0 Å². The van der Waals surface area contributed by atoms with Crippen molar-refractivity contribution in [2.24, 2.45) is 5.73 Å². The summed E-state index contributed by atoms with van der Waals surface area (Å²) in [6, 6.07) is 8.89. The van der Waals surface area contributed by atoms with Crippen LogP contribution >= 0.6 is 0 Å². The Morgan fingerprint density at radius 1 is 1.22 bits per heavy atom. The third-order valence-corrected chi connectivity index (χ3v) is 3.09. The minimum absolute atomic E-state index is 0.217. The van der Waals surface area contributed by atoms with E-state index in [1.54, 1.807) is 0 Å². The van der Waals surface area contributed by atoms with Crippen molar-refractivity contribution in [2.45, 2.75) is 39.3 Å². The Morgan fingerprint density at radius 2 is 1.89 bits per heavy atom. The molecule has 2 N–H and O–H groups in total. The van der Waals surface area contributed by atoms with Gasteiger partial charge in [-0.2, -0.15) is 0 Å². The Hall–Kier alpha value is -1.61. The molecule has 0 fully saturated rings. The molecule has 0 aliphatic rings. The second-order valence-corrected chi connectivity index (χ2v) is 4.80. The first kappa shape index (κ1) is 12.8. The third-order valence-electron chi connectivity index (χ3n) is 3.09. The molecule has 1 atom stereocenters. The fraction of sp³-hybridized carbons (Fsp3) is 0.400. The number of imidazole rings is 1. The summed E-state index contributed by atoms with van der Waals surface area (Å²) >= 11 is 0. The Morgan fingerprint density at radius 3 is 2.50 bits per heavy atom. The van der Waals surface area contributed by atoms with Gasteiger partial charge in [0.05, 0.1) is 0 Å². The van der Waals surface area contributed by atoms with E-state index in [0.29, 0.717) is 0 Å². The van der Waals surface area contributed by atoms with Gasteiger partial charge in [0.25, 0.3) is 0 Å². The fourth-order valence-corrected chi connectivity index (χ4v) is 2.14. The van der Waals surface area contributed by atoms with Gasteiger partial charge < -0.3 is 10.3 Å². The Balaban J connectivity index is 2.06. The summed E-state index contributed by atoms with van der Waals surface area (Å²) in [7, 11) is 0. The highest BCUT2D eigenvalue weighted by Crippen LogP contribution is 2.11. The molecule has 0 saturated carbocycles. The third kappa shape index (κ3) is 3.20. The van der Waals surface area contributed by atoms with Crippen molar-refractivity contribution < 1.29 is 0 Å². The van der Waals surface area contributed by atoms with Crippen LogP contribution in [0.2, 0.25) is 0 Å². The largest absolute Gasteiger partial charge is 0.335 e. The number of nitrogens with two attached hydrogens (primary N) is 1. The summed E-state index contributed by atoms with van der Waals surface area (Å²) in [6.45, 7) is 5.14. The average molecular weight is 243 g/mol. The zero-order valence-corrected chi connectivity index (χ0v) is 11.1. The van der Waals surface area contributed by atoms with Gasteiger partial charge in [-0.1, -0.05) is 24.3 Å². The number of hydrogen-bond acceptors (Lipinski definition) is 2. The molecule has 2 aromatic rings. The van der Waals surface area contributed by atoms with Gasteiger partial charge >= 0.3 is 0 Å². The van der Waals surface area contributed by atoms with E-state index in [4.69, 9.17) is 5.73 Å². The number of aryl methyl sites for hydroxylation is 1. The maximum absolute atomic E-state index is 5.80. The van der Waals surface area contributed by atoms with Crippen LogP contribution in [0, 0.1) is 0 Å². The molecular formula is C15H21N3. The summed E-state index contributed by atoms with van der Waals surface area (Å²) in [5.41, 5.74) is 8.39. The number of benzene rings is 1. The minimum atomic E-state index is 0.217. The first-order chi connectivity index (χ1) is 8.69. The van der Waals surface area contributed by atoms with E-state index in [1.807, 2.05) is 19.3 Å². The molecular weight excluding hydrogens is 222 g/mol. The molecule has 96 valence electrons. The maximum atomic E-state index is 5.80. The van der Waals surface area contributed by atoms with Crippen molar-refractivity contribution >= 4 is 0 Å². The van der Waals surface area contributed by atoms with Crippen molar-refractivity contribution in [1.29, 1.82) is 0 Å². The molecule has 0 saturated heterocycles. The summed E-state index contributed by atoms with van der Waals surface area (Å²) in [6.07, 6.45) is 5.71. The van der Waals surface area contributed by atoms with Crippen LogP contribution < -0.4 is 5.73 Å². The van der Waals surface area contributed by atoms with Crippen LogP contribution in [0.5, 0.6) is 0 Å². The Bertz CT molecular complexity index is 483. The lowest BCUT2D eigenvalue weighted by Gasteiger charge is -2.07. The van der Waals surface area contributed by atoms with E-state index in [1.165, 1.54) is 11.1 Å². The van der Waals surface area contributed by atoms with E-state index in [2.05, 4.69) is 40.7 Å². The highest BCUT2D eigenvalue weighted by molar-refractivity contribution is 5.25. The predicted octanol–water partition coefficient (Wildman–Crippen LogP) is 2.38. The van der Waals surface area contributed by atoms with Gasteiger partial charge in [0.2, 0.25) is 0 Å². The molecule has 2 rings (SSSR count). The fourth-order valence-electron chi connectivity index (χ4n) is 2.14. The molecule has 18 heavy (non-hydrogen) atoms. The number of nitrogens with zero attached hydrogens (tertiary/aromatic N) is 2. The van der Waals surface area contributed by atoms with E-state index in [-0.39, 0.29) is 6.04 Å². The monoisotopic (exact) mass is 243 g/mol. The predicted molar refractivity (Wildman–Crippen MR) is 74.5 cm³/mol. The Kier molecular flexibility index (Phi) is 4.15. The van der Waals surface area contributed by atoms with E-state index >= 15 is 0 Å². The van der Waals surface area contributed by atoms with Gasteiger partial charge in [-0.15, -0.1) is 0 Å². The highest BCUT2D eigenvalue weighted by Gasteiger charge is 2.03. The molecule has 1 aromatic carbocycles. The molecule has 1 heterocycles. The van der Waals surface area contributed by atoms with E-state index < -0.39 is 0 Å². The van der Waals surface area contributed by atoms with Crippen LogP contribution in [0.1, 0.15) is 30.8 Å². The second-order valence-electron chi connectivity index (χ2n) is 4.80. The van der Waals surface area contributed by atoms with Gasteiger partial charge in [-0.3, -0.25) is 0 Å². The van der Waals surface area contributed by atoms with Gasteiger partial charge in [0.1, 0.15) is 5.82 Å². The lowest BCUT2D eigenvalue weighted by molar-refractivity contribution is 0.711. The zero-order chi connectivity index (χ0) is 13.0. The van der Waals surface area contributed by atoms with Gasteiger partial charge in [0.15, 0.2) is 0 Å². The van der Waals surface area contributed by atoms with Crippen LogP contribution in [0.25, 0.3) is 0 Å². The number of rotatable bonds is 5. The van der Waals surface area contributed by atoms with Crippen LogP contribution in [0.3, 0.4) is 0 Å². The summed E-state index contributed by atoms with van der Waals surface area (Å²) in [4.78, 5) is 4.40. The highest BCUT2D eigenvalue weighted by atomic mass is 15.0. The topological polar surface area (TPSA) is 43.8 Å². The molecule has 3 heteroatoms. The Labute approximate surface area is 109 Å². The van der Waals surface area contributed by atoms with Crippen molar-refractivity contribution in [3.8, 4) is 0 Å². The average Bonchev–Trinajstić information content (AvgIpc) is 2.78. The smallest absolute Gasteiger partial charge is 0.113 e. The van der Waals surface area contributed by atoms with Crippen LogP contribution in [0.15, 0.2) is 36.7 Å². The first-order valence-electron chi connectivity index (χ1n) is 6.52. The van der Waals surface area contributed by atoms with Crippen molar-refractivity contribution in [3.63, 3.8) is 0 Å². The maximum Gasteiger partial charge on any atom is 0.113 e. The first-order valence-corrected chi connectivity index (χ1v) is 6.52. The normalized spacial score (nSPS) is 12.6. The molecule has 1 unspecified atom stereocenters. The van der Waals surface area contributed by atoms with Gasteiger partial charge in [-0.05, 0) is 31.4 Å². The number of hydrogen-bond donors (Lipinski definition) is 1. The van der Waals surface area contributed by atoms with Crippen molar-refractivity contribution in [3.05, 3.63) is 53.6 Å². The van der Waals surface area contributed by atoms with E-state index in [9.17, 15) is 0 Å². The molecule has 0 spiro atoms. The summed E-state index contributed by atoms with van der Waals surface area (Å²) in [5, 5.41) is 0. The molecule has 0 aliphatic heterocycles. The summed E-state index contributed by atoms with van der Waals surface area (Å²) < 4.78 is 2.18. The minimum Gasteiger partial charge on any atom is -0.335 e. The molecule has 0 aliphatic carbocycles. The quantitative estimate of drug-likeness (QED) is 0.876. The number of aromatic nitrogens is 2. The summed E-state index contributed by atoms with van der Waals surface area (Å²) in [5.74, 6) is 1.12. The van der Waals surface area contributed by atoms with Gasteiger partial charge in [-0.25, -0.2) is 4.98 Å². The zero-order valence-electron chi connectivity index (χ0n) is 11.1.